The number of ether oxygens (including phenoxy) is 1. The average Bonchev–Trinajstić information content (AvgIpc) is 2.16. The van der Waals surface area contributed by atoms with Gasteiger partial charge >= 0.3 is 0 Å². The fourth-order valence-electron chi connectivity index (χ4n) is 0.897. The largest absolute Gasteiger partial charge is 0.495 e. The van der Waals surface area contributed by atoms with Gasteiger partial charge in [-0.15, -0.1) is 0 Å². The molecular weight excluding hydrogens is 190 g/mol. The van der Waals surface area contributed by atoms with Crippen LogP contribution in [0.2, 0.25) is 0 Å². The normalized spacial score (nSPS) is 9.62. The first-order chi connectivity index (χ1) is 6.19. The van der Waals surface area contributed by atoms with E-state index in [-0.39, 0.29) is 10.5 Å². The number of thiol groups is 1. The molecule has 68 valence electrons. The molecule has 1 rings (SSSR count). The minimum absolute atomic E-state index is 0.118. The molecule has 0 saturated heterocycles. The maximum Gasteiger partial charge on any atom is 0.168 e. The lowest BCUT2D eigenvalue weighted by Gasteiger charge is -2.01. The van der Waals surface area contributed by atoms with Crippen LogP contribution in [-0.2, 0) is 10.7 Å². The zero-order chi connectivity index (χ0) is 9.84. The lowest BCUT2D eigenvalue weighted by atomic mass is 10.2. The van der Waals surface area contributed by atoms with Gasteiger partial charge in [-0.05, 0) is 18.2 Å². The van der Waals surface area contributed by atoms with Crippen LogP contribution in [0.25, 0.3) is 0 Å². The number of benzene rings is 1. The molecule has 4 nitrogen and oxygen atoms in total. The molecule has 13 heavy (non-hydrogen) atoms. The second-order valence-corrected chi connectivity index (χ2v) is 3.28. The van der Waals surface area contributed by atoms with E-state index >= 15 is 0 Å². The summed E-state index contributed by atoms with van der Waals surface area (Å²) in [4.78, 5) is 0.118. The van der Waals surface area contributed by atoms with E-state index in [0.717, 1.165) is 0 Å². The summed E-state index contributed by atoms with van der Waals surface area (Å²) in [7, 11) is -1.22. The maximum atomic E-state index is 10.6. The molecule has 0 spiro atoms. The first-order valence-corrected chi connectivity index (χ1v) is 4.59. The second-order valence-electron chi connectivity index (χ2n) is 2.25. The number of rotatable bonds is 2. The summed E-state index contributed by atoms with van der Waals surface area (Å²) in [5.74, 6) is 0.378. The summed E-state index contributed by atoms with van der Waals surface area (Å²) in [6, 6.07) is 5.98. The number of nitriles is 1. The van der Waals surface area contributed by atoms with Gasteiger partial charge in [0.2, 0.25) is 0 Å². The van der Waals surface area contributed by atoms with Gasteiger partial charge in [0.05, 0.1) is 17.6 Å². The van der Waals surface area contributed by atoms with Gasteiger partial charge in [0, 0.05) is 0 Å². The van der Waals surface area contributed by atoms with Crippen molar-refractivity contribution in [3.05, 3.63) is 23.8 Å². The topological polar surface area (TPSA) is 67.2 Å². The third kappa shape index (κ3) is 1.98. The van der Waals surface area contributed by atoms with E-state index in [2.05, 4.69) is 0 Å². The van der Waals surface area contributed by atoms with E-state index in [9.17, 15) is 8.42 Å². The van der Waals surface area contributed by atoms with Crippen molar-refractivity contribution in [1.29, 1.82) is 5.26 Å². The predicted molar refractivity (Wildman–Crippen MR) is 46.3 cm³/mol. The van der Waals surface area contributed by atoms with Crippen LogP contribution in [0.1, 0.15) is 5.56 Å². The first-order valence-electron chi connectivity index (χ1n) is 3.41. The van der Waals surface area contributed by atoms with Crippen molar-refractivity contribution in [2.45, 2.75) is 4.90 Å². The third-order valence-electron chi connectivity index (χ3n) is 1.51. The summed E-state index contributed by atoms with van der Waals surface area (Å²) in [5, 5.41) is 8.63. The second kappa shape index (κ2) is 3.92. The Bertz CT molecular complexity index is 424. The molecule has 0 heterocycles. The summed E-state index contributed by atoms with van der Waals surface area (Å²) in [6.07, 6.45) is 0. The van der Waals surface area contributed by atoms with Gasteiger partial charge < -0.3 is 4.74 Å². The van der Waals surface area contributed by atoms with Gasteiger partial charge in [-0.2, -0.15) is 5.26 Å². The molecule has 0 N–H and O–H groups in total. The highest BCUT2D eigenvalue weighted by Crippen LogP contribution is 2.19. The summed E-state index contributed by atoms with van der Waals surface area (Å²) in [6.45, 7) is 0. The molecule has 0 aliphatic rings. The number of nitrogens with zero attached hydrogens (tertiary/aromatic N) is 1. The molecule has 0 radical (unpaired) electrons. The predicted octanol–water partition coefficient (Wildman–Crippen LogP) is 0.537. The van der Waals surface area contributed by atoms with Gasteiger partial charge in [0.15, 0.2) is 10.7 Å². The van der Waals surface area contributed by atoms with Crippen LogP contribution in [0.15, 0.2) is 23.1 Å². The molecule has 1 aromatic rings. The van der Waals surface area contributed by atoms with Crippen LogP contribution in [0.4, 0.5) is 0 Å². The molecule has 0 atom stereocenters. The quantitative estimate of drug-likeness (QED) is 0.702. The molecule has 1 aromatic carbocycles. The van der Waals surface area contributed by atoms with Crippen molar-refractivity contribution in [1.82, 2.24) is 0 Å². The molecule has 0 fully saturated rings. The van der Waals surface area contributed by atoms with Crippen LogP contribution in [-0.4, -0.2) is 15.5 Å². The molecule has 0 aromatic heterocycles. The Balaban J connectivity index is 3.31. The van der Waals surface area contributed by atoms with Crippen molar-refractivity contribution in [2.75, 3.05) is 7.11 Å². The smallest absolute Gasteiger partial charge is 0.168 e. The van der Waals surface area contributed by atoms with E-state index in [0.29, 0.717) is 5.75 Å². The van der Waals surface area contributed by atoms with E-state index in [1.165, 1.54) is 25.3 Å². The van der Waals surface area contributed by atoms with E-state index in [4.69, 9.17) is 10.00 Å². The zero-order valence-electron chi connectivity index (χ0n) is 6.85. The Morgan fingerprint density at radius 1 is 1.46 bits per heavy atom. The molecule has 0 aliphatic heterocycles. The van der Waals surface area contributed by atoms with Crippen molar-refractivity contribution in [3.63, 3.8) is 0 Å². The number of hydrogen-bond acceptors (Lipinski definition) is 4. The monoisotopic (exact) mass is 197 g/mol. The number of methoxy groups -OCH3 is 1. The highest BCUT2D eigenvalue weighted by Gasteiger charge is 2.04. The highest BCUT2D eigenvalue weighted by atomic mass is 32.2. The molecule has 0 aliphatic carbocycles. The Kier molecular flexibility index (Phi) is 2.88. The maximum absolute atomic E-state index is 10.6. The van der Waals surface area contributed by atoms with Gasteiger partial charge in [-0.25, -0.2) is 8.42 Å². The van der Waals surface area contributed by atoms with E-state index < -0.39 is 10.7 Å². The Morgan fingerprint density at radius 2 is 2.15 bits per heavy atom. The minimum atomic E-state index is -2.64. The van der Waals surface area contributed by atoms with Crippen molar-refractivity contribution >= 4 is 10.7 Å². The lowest BCUT2D eigenvalue weighted by Crippen LogP contribution is -1.89. The zero-order valence-corrected chi connectivity index (χ0v) is 7.75. The average molecular weight is 197 g/mol. The van der Waals surface area contributed by atoms with Gasteiger partial charge in [-0.1, -0.05) is 0 Å². The van der Waals surface area contributed by atoms with Crippen LogP contribution in [0.3, 0.4) is 0 Å². The molecule has 5 heteroatoms. The summed E-state index contributed by atoms with van der Waals surface area (Å²) >= 11 is 0. The van der Waals surface area contributed by atoms with Crippen molar-refractivity contribution < 1.29 is 13.2 Å². The van der Waals surface area contributed by atoms with Gasteiger partial charge in [0.25, 0.3) is 0 Å². The molecule has 0 saturated carbocycles. The van der Waals surface area contributed by atoms with Crippen LogP contribution < -0.4 is 4.74 Å². The standard InChI is InChI=1S/C8H7NO3S/c1-12-8-3-2-7(13(10)11)4-6(8)5-9/h2-4,13H,1H3. The van der Waals surface area contributed by atoms with Gasteiger partial charge in [-0.3, -0.25) is 0 Å². The SMILES string of the molecule is COc1ccc([SH](=O)=O)cc1C#N. The molecule has 0 unspecified atom stereocenters. The Morgan fingerprint density at radius 3 is 2.62 bits per heavy atom. The van der Waals surface area contributed by atoms with Crippen LogP contribution in [0, 0.1) is 11.3 Å². The van der Waals surface area contributed by atoms with E-state index in [1.807, 2.05) is 6.07 Å². The molecule has 0 amide bonds. The highest BCUT2D eigenvalue weighted by molar-refractivity contribution is 7.72. The fourth-order valence-corrected chi connectivity index (χ4v) is 1.33. The number of hydrogen-bond donors (Lipinski definition) is 1. The third-order valence-corrected chi connectivity index (χ3v) is 2.21. The Hall–Kier alpha value is -1.54. The minimum Gasteiger partial charge on any atom is -0.495 e. The van der Waals surface area contributed by atoms with Gasteiger partial charge in [0.1, 0.15) is 11.8 Å². The van der Waals surface area contributed by atoms with Crippen molar-refractivity contribution in [3.8, 4) is 11.8 Å². The lowest BCUT2D eigenvalue weighted by molar-refractivity contribution is 0.413. The van der Waals surface area contributed by atoms with Crippen LogP contribution in [0.5, 0.6) is 5.75 Å². The summed E-state index contributed by atoms with van der Waals surface area (Å²) < 4.78 is 26.0. The van der Waals surface area contributed by atoms with E-state index in [1.54, 1.807) is 0 Å². The Labute approximate surface area is 77.3 Å². The van der Waals surface area contributed by atoms with Crippen LogP contribution >= 0.6 is 0 Å². The first kappa shape index (κ1) is 9.55. The fraction of sp³-hybridized carbons (Fsp3) is 0.125. The molecule has 0 bridgehead atoms. The summed E-state index contributed by atoms with van der Waals surface area (Å²) in [5.41, 5.74) is 0.221. The van der Waals surface area contributed by atoms with Crippen molar-refractivity contribution in [2.24, 2.45) is 0 Å². The molecular formula is C8H7NO3S.